The third-order valence-electron chi connectivity index (χ3n) is 5.58. The van der Waals surface area contributed by atoms with Gasteiger partial charge in [0.05, 0.1) is 29.0 Å². The molecule has 166 valence electrons. The van der Waals surface area contributed by atoms with E-state index in [-0.39, 0.29) is 11.7 Å². The molecule has 3 aromatic heterocycles. The number of rotatable bonds is 6. The van der Waals surface area contributed by atoms with Crippen LogP contribution in [0.15, 0.2) is 75.8 Å². The summed E-state index contributed by atoms with van der Waals surface area (Å²) in [5.74, 6) is 1.01. The molecule has 1 amide bonds. The first kappa shape index (κ1) is 21.2. The average Bonchev–Trinajstić information content (AvgIpc) is 3.52. The van der Waals surface area contributed by atoms with E-state index in [9.17, 15) is 4.79 Å². The van der Waals surface area contributed by atoms with Crippen LogP contribution in [-0.4, -0.2) is 25.5 Å². The van der Waals surface area contributed by atoms with Crippen LogP contribution >= 0.6 is 15.9 Å². The minimum Gasteiger partial charge on any atom is -0.454 e. The zero-order valence-electron chi connectivity index (χ0n) is 18.2. The van der Waals surface area contributed by atoms with Crippen molar-refractivity contribution in [1.82, 2.24) is 19.6 Å². The number of amides is 1. The SMILES string of the molecule is Cc1nn(Cc2ccc(C(=O)Nc3ccn(Cc4cccc5ccccc45)n3)o2)c(C)c1Br. The summed E-state index contributed by atoms with van der Waals surface area (Å²) in [6.45, 7) is 4.98. The summed E-state index contributed by atoms with van der Waals surface area (Å²) in [5.41, 5.74) is 3.09. The summed E-state index contributed by atoms with van der Waals surface area (Å²) in [7, 11) is 0. The molecular weight excluding hydrogens is 482 g/mol. The molecular formula is C25H22BrN5O2. The van der Waals surface area contributed by atoms with Gasteiger partial charge in [-0.25, -0.2) is 0 Å². The van der Waals surface area contributed by atoms with Crippen molar-refractivity contribution in [2.75, 3.05) is 5.32 Å². The van der Waals surface area contributed by atoms with Crippen LogP contribution < -0.4 is 5.32 Å². The topological polar surface area (TPSA) is 77.9 Å². The first-order chi connectivity index (χ1) is 16.0. The Morgan fingerprint density at radius 3 is 2.64 bits per heavy atom. The van der Waals surface area contributed by atoms with Crippen molar-refractivity contribution in [3.05, 3.63) is 99.8 Å². The quantitative estimate of drug-likeness (QED) is 0.329. The second-order valence-electron chi connectivity index (χ2n) is 7.90. The molecule has 0 aliphatic heterocycles. The summed E-state index contributed by atoms with van der Waals surface area (Å²) in [5, 5.41) is 14.2. The second-order valence-corrected chi connectivity index (χ2v) is 8.69. The fourth-order valence-electron chi connectivity index (χ4n) is 3.86. The smallest absolute Gasteiger partial charge is 0.292 e. The van der Waals surface area contributed by atoms with Crippen LogP contribution in [0.4, 0.5) is 5.82 Å². The molecule has 7 nitrogen and oxygen atoms in total. The summed E-state index contributed by atoms with van der Waals surface area (Å²) < 4.78 is 10.4. The minimum atomic E-state index is -0.341. The number of aromatic nitrogens is 4. The summed E-state index contributed by atoms with van der Waals surface area (Å²) >= 11 is 3.53. The predicted octanol–water partition coefficient (Wildman–Crippen LogP) is 5.55. The van der Waals surface area contributed by atoms with Gasteiger partial charge in [0.1, 0.15) is 5.76 Å². The van der Waals surface area contributed by atoms with Crippen molar-refractivity contribution in [1.29, 1.82) is 0 Å². The standard InChI is InChI=1S/C25H22BrN5O2/c1-16-24(26)17(2)31(28-16)15-20-10-11-22(33-20)25(32)27-23-12-13-30(29-23)14-19-8-5-7-18-6-3-4-9-21(18)19/h3-13H,14-15H2,1-2H3,(H,27,29,32). The van der Waals surface area contributed by atoms with Crippen molar-refractivity contribution >= 4 is 38.4 Å². The lowest BCUT2D eigenvalue weighted by molar-refractivity contribution is 0.0994. The molecule has 5 aromatic rings. The maximum Gasteiger partial charge on any atom is 0.292 e. The Kier molecular flexibility index (Phi) is 5.60. The van der Waals surface area contributed by atoms with Crippen molar-refractivity contribution in [3.8, 4) is 0 Å². The molecule has 0 fully saturated rings. The normalized spacial score (nSPS) is 11.2. The third kappa shape index (κ3) is 4.34. The lowest BCUT2D eigenvalue weighted by Crippen LogP contribution is -2.12. The largest absolute Gasteiger partial charge is 0.454 e. The highest BCUT2D eigenvalue weighted by molar-refractivity contribution is 9.10. The summed E-state index contributed by atoms with van der Waals surface area (Å²) in [6, 6.07) is 19.7. The number of anilines is 1. The van der Waals surface area contributed by atoms with Gasteiger partial charge in [-0.1, -0.05) is 42.5 Å². The number of nitrogens with one attached hydrogen (secondary N) is 1. The number of carbonyl (C=O) groups excluding carboxylic acids is 1. The van der Waals surface area contributed by atoms with E-state index in [0.29, 0.717) is 24.7 Å². The Hall–Kier alpha value is -3.65. The molecule has 0 aliphatic carbocycles. The van der Waals surface area contributed by atoms with E-state index < -0.39 is 0 Å². The molecule has 2 aromatic carbocycles. The van der Waals surface area contributed by atoms with Gasteiger partial charge in [0.2, 0.25) is 0 Å². The number of carbonyl (C=O) groups is 1. The number of halogens is 1. The van der Waals surface area contributed by atoms with Crippen LogP contribution in [0.25, 0.3) is 10.8 Å². The Morgan fingerprint density at radius 2 is 1.82 bits per heavy atom. The first-order valence-corrected chi connectivity index (χ1v) is 11.4. The van der Waals surface area contributed by atoms with Crippen LogP contribution in [0.1, 0.15) is 33.3 Å². The summed E-state index contributed by atoms with van der Waals surface area (Å²) in [4.78, 5) is 12.7. The van der Waals surface area contributed by atoms with Gasteiger partial charge < -0.3 is 9.73 Å². The monoisotopic (exact) mass is 503 g/mol. The van der Waals surface area contributed by atoms with E-state index in [1.807, 2.05) is 47.6 Å². The van der Waals surface area contributed by atoms with Crippen molar-refractivity contribution in [2.24, 2.45) is 0 Å². The van der Waals surface area contributed by atoms with Gasteiger partial charge in [0, 0.05) is 12.3 Å². The van der Waals surface area contributed by atoms with Crippen LogP contribution in [0.3, 0.4) is 0 Å². The molecule has 0 saturated heterocycles. The Bertz CT molecular complexity index is 1460. The number of nitrogens with zero attached hydrogens (tertiary/aromatic N) is 4. The Balaban J connectivity index is 1.26. The van der Waals surface area contributed by atoms with Crippen molar-refractivity contribution in [2.45, 2.75) is 26.9 Å². The van der Waals surface area contributed by atoms with Gasteiger partial charge in [0.15, 0.2) is 11.6 Å². The third-order valence-corrected chi connectivity index (χ3v) is 6.73. The second kappa shape index (κ2) is 8.71. The highest BCUT2D eigenvalue weighted by Gasteiger charge is 2.15. The average molecular weight is 504 g/mol. The van der Waals surface area contributed by atoms with Crippen LogP contribution in [0.2, 0.25) is 0 Å². The zero-order valence-corrected chi connectivity index (χ0v) is 19.8. The molecule has 5 rings (SSSR count). The number of hydrogen-bond donors (Lipinski definition) is 1. The van der Waals surface area contributed by atoms with Crippen LogP contribution in [-0.2, 0) is 13.1 Å². The number of fused-ring (bicyclic) bond motifs is 1. The number of benzene rings is 2. The van der Waals surface area contributed by atoms with E-state index in [0.717, 1.165) is 15.9 Å². The lowest BCUT2D eigenvalue weighted by atomic mass is 10.0. The maximum atomic E-state index is 12.7. The Labute approximate surface area is 199 Å². The highest BCUT2D eigenvalue weighted by Crippen LogP contribution is 2.22. The van der Waals surface area contributed by atoms with Crippen LogP contribution in [0, 0.1) is 13.8 Å². The van der Waals surface area contributed by atoms with E-state index in [2.05, 4.69) is 55.7 Å². The molecule has 0 aliphatic rings. The molecule has 0 unspecified atom stereocenters. The van der Waals surface area contributed by atoms with E-state index in [4.69, 9.17) is 4.42 Å². The molecule has 0 saturated carbocycles. The number of furan rings is 1. The number of aryl methyl sites for hydroxylation is 1. The maximum absolute atomic E-state index is 12.7. The highest BCUT2D eigenvalue weighted by atomic mass is 79.9. The lowest BCUT2D eigenvalue weighted by Gasteiger charge is -2.07. The van der Waals surface area contributed by atoms with Gasteiger partial charge >= 0.3 is 0 Å². The van der Waals surface area contributed by atoms with E-state index in [1.165, 1.54) is 16.3 Å². The zero-order chi connectivity index (χ0) is 22.9. The molecule has 3 heterocycles. The van der Waals surface area contributed by atoms with Gasteiger partial charge in [-0.15, -0.1) is 0 Å². The van der Waals surface area contributed by atoms with Gasteiger partial charge in [-0.3, -0.25) is 14.2 Å². The van der Waals surface area contributed by atoms with Crippen LogP contribution in [0.5, 0.6) is 0 Å². The molecule has 33 heavy (non-hydrogen) atoms. The summed E-state index contributed by atoms with van der Waals surface area (Å²) in [6.07, 6.45) is 1.85. The molecule has 0 bridgehead atoms. The van der Waals surface area contributed by atoms with Crippen molar-refractivity contribution in [3.63, 3.8) is 0 Å². The predicted molar refractivity (Wildman–Crippen MR) is 130 cm³/mol. The fraction of sp³-hybridized carbons (Fsp3) is 0.160. The van der Waals surface area contributed by atoms with Gasteiger partial charge in [-0.2, -0.15) is 10.2 Å². The minimum absolute atomic E-state index is 0.231. The van der Waals surface area contributed by atoms with E-state index in [1.54, 1.807) is 18.2 Å². The molecule has 0 spiro atoms. The van der Waals surface area contributed by atoms with Gasteiger partial charge in [0.25, 0.3) is 5.91 Å². The van der Waals surface area contributed by atoms with E-state index >= 15 is 0 Å². The molecule has 0 radical (unpaired) electrons. The fourth-order valence-corrected chi connectivity index (χ4v) is 4.14. The van der Waals surface area contributed by atoms with Gasteiger partial charge in [-0.05, 0) is 58.2 Å². The number of hydrogen-bond acceptors (Lipinski definition) is 4. The Morgan fingerprint density at radius 1 is 1.00 bits per heavy atom. The first-order valence-electron chi connectivity index (χ1n) is 10.6. The molecule has 1 N–H and O–H groups in total. The van der Waals surface area contributed by atoms with Crippen molar-refractivity contribution < 1.29 is 9.21 Å². The molecule has 8 heteroatoms. The molecule has 0 atom stereocenters.